The van der Waals surface area contributed by atoms with Crippen LogP contribution >= 0.6 is 0 Å². The number of nitriles is 1. The number of aryl methyl sites for hydroxylation is 1. The van der Waals surface area contributed by atoms with Crippen molar-refractivity contribution in [3.63, 3.8) is 0 Å². The van der Waals surface area contributed by atoms with Crippen LogP contribution in [-0.4, -0.2) is 25.6 Å². The highest BCUT2D eigenvalue weighted by molar-refractivity contribution is 5.52. The number of pyridine rings is 1. The largest absolute Gasteiger partial charge is 0.362 e. The number of aromatic nitrogens is 5. The highest BCUT2D eigenvalue weighted by atomic mass is 15.5. The summed E-state index contributed by atoms with van der Waals surface area (Å²) in [6.07, 6.45) is 0. The molecule has 2 aromatic heterocycles. The molecule has 0 saturated carbocycles. The van der Waals surface area contributed by atoms with Crippen molar-refractivity contribution in [1.29, 1.82) is 5.26 Å². The third kappa shape index (κ3) is 2.12. The highest BCUT2D eigenvalue weighted by Crippen LogP contribution is 2.12. The summed E-state index contributed by atoms with van der Waals surface area (Å²) in [5.74, 6) is 1.06. The van der Waals surface area contributed by atoms with E-state index in [0.717, 1.165) is 5.69 Å². The lowest BCUT2D eigenvalue weighted by Gasteiger charge is -2.05. The molecule has 7 heteroatoms. The van der Waals surface area contributed by atoms with Crippen LogP contribution < -0.4 is 5.32 Å². The van der Waals surface area contributed by atoms with E-state index in [1.165, 1.54) is 0 Å². The zero-order valence-corrected chi connectivity index (χ0v) is 8.60. The lowest BCUT2D eigenvalue weighted by Crippen LogP contribution is -2.05. The van der Waals surface area contributed by atoms with Crippen LogP contribution in [0.15, 0.2) is 12.1 Å². The van der Waals surface area contributed by atoms with E-state index >= 15 is 0 Å². The van der Waals surface area contributed by atoms with Crippen molar-refractivity contribution in [1.82, 2.24) is 25.6 Å². The molecule has 0 aliphatic carbocycles. The van der Waals surface area contributed by atoms with Crippen molar-refractivity contribution in [3.05, 3.63) is 29.2 Å². The first-order valence-corrected chi connectivity index (χ1v) is 4.63. The van der Waals surface area contributed by atoms with E-state index in [0.29, 0.717) is 23.8 Å². The summed E-state index contributed by atoms with van der Waals surface area (Å²) in [6, 6.07) is 5.58. The van der Waals surface area contributed by atoms with Crippen molar-refractivity contribution in [2.45, 2.75) is 13.5 Å². The topological polar surface area (TPSA) is 103 Å². The van der Waals surface area contributed by atoms with Gasteiger partial charge in [0.2, 0.25) is 0 Å². The predicted octanol–water partition coefficient (Wildman–Crippen LogP) is 0.387. The molecule has 0 atom stereocenters. The third-order valence-corrected chi connectivity index (χ3v) is 1.96. The third-order valence-electron chi connectivity index (χ3n) is 1.96. The molecule has 0 saturated heterocycles. The molecule has 0 bridgehead atoms. The van der Waals surface area contributed by atoms with Gasteiger partial charge in [0.15, 0.2) is 5.82 Å². The zero-order chi connectivity index (χ0) is 11.4. The molecule has 0 fully saturated rings. The number of hydrogen-bond acceptors (Lipinski definition) is 6. The number of tetrazole rings is 1. The van der Waals surface area contributed by atoms with E-state index in [2.05, 4.69) is 37.0 Å². The molecule has 2 N–H and O–H groups in total. The number of rotatable bonds is 3. The van der Waals surface area contributed by atoms with Crippen molar-refractivity contribution in [2.24, 2.45) is 0 Å². The molecule has 0 unspecified atom stereocenters. The van der Waals surface area contributed by atoms with Gasteiger partial charge < -0.3 is 5.32 Å². The number of nitrogens with one attached hydrogen (secondary N) is 2. The molecule has 2 aromatic rings. The van der Waals surface area contributed by atoms with E-state index in [9.17, 15) is 0 Å². The average molecular weight is 215 g/mol. The molecular weight excluding hydrogens is 206 g/mol. The SMILES string of the molecule is Cc1ccc(C#N)c(NCc2nn[nH]n2)n1. The summed E-state index contributed by atoms with van der Waals surface area (Å²) in [4.78, 5) is 4.22. The van der Waals surface area contributed by atoms with Crippen LogP contribution in [0.2, 0.25) is 0 Å². The van der Waals surface area contributed by atoms with Gasteiger partial charge in [-0.05, 0) is 19.1 Å². The van der Waals surface area contributed by atoms with Crippen LogP contribution in [0.25, 0.3) is 0 Å². The summed E-state index contributed by atoms with van der Waals surface area (Å²) in [5.41, 5.74) is 1.34. The highest BCUT2D eigenvalue weighted by Gasteiger charge is 2.05. The average Bonchev–Trinajstić information content (AvgIpc) is 2.79. The molecule has 0 aromatic carbocycles. The Labute approximate surface area is 91.5 Å². The van der Waals surface area contributed by atoms with E-state index < -0.39 is 0 Å². The fourth-order valence-corrected chi connectivity index (χ4v) is 1.20. The van der Waals surface area contributed by atoms with Crippen LogP contribution in [-0.2, 0) is 6.54 Å². The van der Waals surface area contributed by atoms with Gasteiger partial charge in [-0.15, -0.1) is 10.2 Å². The van der Waals surface area contributed by atoms with Gasteiger partial charge in [-0.3, -0.25) is 0 Å². The first-order chi connectivity index (χ1) is 7.79. The van der Waals surface area contributed by atoms with Crippen molar-refractivity contribution >= 4 is 5.82 Å². The van der Waals surface area contributed by atoms with Crippen LogP contribution in [0.4, 0.5) is 5.82 Å². The Kier molecular flexibility index (Phi) is 2.73. The number of nitrogens with zero attached hydrogens (tertiary/aromatic N) is 5. The lowest BCUT2D eigenvalue weighted by atomic mass is 10.2. The fourth-order valence-electron chi connectivity index (χ4n) is 1.20. The molecule has 0 aliphatic rings. The standard InChI is InChI=1S/C9H9N7/c1-6-2-3-7(4-10)9(12-6)11-5-8-13-15-16-14-8/h2-3H,5H2,1H3,(H,11,12)(H,13,14,15,16). The molecule has 0 spiro atoms. The molecule has 0 aliphatic heterocycles. The van der Waals surface area contributed by atoms with E-state index in [1.807, 2.05) is 6.92 Å². The molecule has 16 heavy (non-hydrogen) atoms. The molecule has 0 amide bonds. The first kappa shape index (κ1) is 10.0. The van der Waals surface area contributed by atoms with Gasteiger partial charge in [0.05, 0.1) is 12.1 Å². The Hall–Kier alpha value is -2.49. The minimum Gasteiger partial charge on any atom is -0.362 e. The Morgan fingerprint density at radius 2 is 2.38 bits per heavy atom. The Bertz CT molecular complexity index is 511. The number of hydrogen-bond donors (Lipinski definition) is 2. The van der Waals surface area contributed by atoms with E-state index in [1.54, 1.807) is 12.1 Å². The van der Waals surface area contributed by atoms with Gasteiger partial charge >= 0.3 is 0 Å². The van der Waals surface area contributed by atoms with Crippen molar-refractivity contribution < 1.29 is 0 Å². The van der Waals surface area contributed by atoms with Gasteiger partial charge in [-0.2, -0.15) is 10.5 Å². The molecule has 2 heterocycles. The molecule has 0 radical (unpaired) electrons. The van der Waals surface area contributed by atoms with E-state index in [-0.39, 0.29) is 0 Å². The van der Waals surface area contributed by atoms with Crippen LogP contribution in [0, 0.1) is 18.3 Å². The van der Waals surface area contributed by atoms with Crippen molar-refractivity contribution in [2.75, 3.05) is 5.32 Å². The lowest BCUT2D eigenvalue weighted by molar-refractivity contribution is 0.881. The molecule has 80 valence electrons. The quantitative estimate of drug-likeness (QED) is 0.767. The minimum atomic E-state index is 0.377. The van der Waals surface area contributed by atoms with Gasteiger partial charge in [0, 0.05) is 5.69 Å². The number of H-pyrrole nitrogens is 1. The van der Waals surface area contributed by atoms with Gasteiger partial charge in [0.25, 0.3) is 0 Å². The second kappa shape index (κ2) is 4.35. The minimum absolute atomic E-state index is 0.377. The Balaban J connectivity index is 2.15. The smallest absolute Gasteiger partial charge is 0.193 e. The van der Waals surface area contributed by atoms with Crippen molar-refractivity contribution in [3.8, 4) is 6.07 Å². The maximum Gasteiger partial charge on any atom is 0.193 e. The summed E-state index contributed by atoms with van der Waals surface area (Å²) in [7, 11) is 0. The van der Waals surface area contributed by atoms with Gasteiger partial charge in [-0.25, -0.2) is 4.98 Å². The fraction of sp³-hybridized carbons (Fsp3) is 0.222. The number of anilines is 1. The maximum atomic E-state index is 8.89. The Morgan fingerprint density at radius 3 is 3.06 bits per heavy atom. The predicted molar refractivity (Wildman–Crippen MR) is 55.2 cm³/mol. The molecule has 7 nitrogen and oxygen atoms in total. The van der Waals surface area contributed by atoms with Gasteiger partial charge in [-0.1, -0.05) is 5.21 Å². The zero-order valence-electron chi connectivity index (χ0n) is 8.60. The van der Waals surface area contributed by atoms with Gasteiger partial charge in [0.1, 0.15) is 11.9 Å². The summed E-state index contributed by atoms with van der Waals surface area (Å²) in [5, 5.41) is 25.2. The summed E-state index contributed by atoms with van der Waals surface area (Å²) < 4.78 is 0. The summed E-state index contributed by atoms with van der Waals surface area (Å²) >= 11 is 0. The monoisotopic (exact) mass is 215 g/mol. The molecule has 2 rings (SSSR count). The van der Waals surface area contributed by atoms with Crippen LogP contribution in [0.1, 0.15) is 17.1 Å². The summed E-state index contributed by atoms with van der Waals surface area (Å²) in [6.45, 7) is 2.24. The van der Waals surface area contributed by atoms with E-state index in [4.69, 9.17) is 5.26 Å². The second-order valence-electron chi connectivity index (χ2n) is 3.14. The van der Waals surface area contributed by atoms with Crippen LogP contribution in [0.5, 0.6) is 0 Å². The molecular formula is C9H9N7. The normalized spacial score (nSPS) is 9.75. The second-order valence-corrected chi connectivity index (χ2v) is 3.14. The first-order valence-electron chi connectivity index (χ1n) is 4.63. The Morgan fingerprint density at radius 1 is 1.50 bits per heavy atom. The maximum absolute atomic E-state index is 8.89. The van der Waals surface area contributed by atoms with Crippen LogP contribution in [0.3, 0.4) is 0 Å². The number of aromatic amines is 1.